The standard InChI is InChI=1S/C14H26N2O3/c1-4-11(5-2)14(18)16-8-10(6-12(15)9-16)7-13(17)19-3/h10-12H,4-9,15H2,1-3H3. The first kappa shape index (κ1) is 16.0. The fraction of sp³-hybridized carbons (Fsp3) is 0.857. The summed E-state index contributed by atoms with van der Waals surface area (Å²) in [6, 6.07) is -0.0401. The van der Waals surface area contributed by atoms with E-state index in [1.807, 2.05) is 18.7 Å². The molecule has 0 radical (unpaired) electrons. The molecule has 0 bridgehead atoms. The third-order valence-electron chi connectivity index (χ3n) is 3.90. The van der Waals surface area contributed by atoms with E-state index in [4.69, 9.17) is 10.5 Å². The Kier molecular flexibility index (Phi) is 6.28. The Morgan fingerprint density at radius 2 is 1.95 bits per heavy atom. The molecule has 19 heavy (non-hydrogen) atoms. The Labute approximate surface area is 115 Å². The van der Waals surface area contributed by atoms with Crippen LogP contribution in [0.2, 0.25) is 0 Å². The summed E-state index contributed by atoms with van der Waals surface area (Å²) in [5, 5.41) is 0. The van der Waals surface area contributed by atoms with Gasteiger partial charge in [0.2, 0.25) is 5.91 Å². The van der Waals surface area contributed by atoms with Crippen LogP contribution in [-0.2, 0) is 14.3 Å². The van der Waals surface area contributed by atoms with Gasteiger partial charge < -0.3 is 15.4 Å². The second-order valence-electron chi connectivity index (χ2n) is 5.40. The number of ether oxygens (including phenoxy) is 1. The van der Waals surface area contributed by atoms with Gasteiger partial charge in [0.05, 0.1) is 13.5 Å². The zero-order valence-electron chi connectivity index (χ0n) is 12.2. The van der Waals surface area contributed by atoms with Gasteiger partial charge in [0.1, 0.15) is 0 Å². The maximum Gasteiger partial charge on any atom is 0.305 e. The SMILES string of the molecule is CCC(CC)C(=O)N1CC(N)CC(CC(=O)OC)C1. The summed E-state index contributed by atoms with van der Waals surface area (Å²) < 4.78 is 4.69. The number of methoxy groups -OCH3 is 1. The Balaban J connectivity index is 2.64. The number of carbonyl (C=O) groups is 2. The maximum absolute atomic E-state index is 12.4. The molecule has 5 heteroatoms. The van der Waals surface area contributed by atoms with E-state index in [1.165, 1.54) is 7.11 Å². The van der Waals surface area contributed by atoms with Gasteiger partial charge in [-0.1, -0.05) is 13.8 Å². The van der Waals surface area contributed by atoms with Crippen molar-refractivity contribution >= 4 is 11.9 Å². The van der Waals surface area contributed by atoms with Crippen LogP contribution in [-0.4, -0.2) is 43.0 Å². The number of rotatable bonds is 5. The fourth-order valence-electron chi connectivity index (χ4n) is 2.79. The average molecular weight is 270 g/mol. The van der Waals surface area contributed by atoms with E-state index < -0.39 is 0 Å². The number of nitrogens with zero attached hydrogens (tertiary/aromatic N) is 1. The lowest BCUT2D eigenvalue weighted by Gasteiger charge is -2.37. The van der Waals surface area contributed by atoms with Crippen molar-refractivity contribution in [3.05, 3.63) is 0 Å². The largest absolute Gasteiger partial charge is 0.469 e. The highest BCUT2D eigenvalue weighted by Gasteiger charge is 2.31. The van der Waals surface area contributed by atoms with Crippen molar-refractivity contribution in [1.82, 2.24) is 4.90 Å². The van der Waals surface area contributed by atoms with Crippen LogP contribution >= 0.6 is 0 Å². The number of hydrogen-bond donors (Lipinski definition) is 1. The number of carbonyl (C=O) groups excluding carboxylic acids is 2. The van der Waals surface area contributed by atoms with Gasteiger partial charge in [-0.05, 0) is 25.2 Å². The lowest BCUT2D eigenvalue weighted by Crippen LogP contribution is -2.51. The summed E-state index contributed by atoms with van der Waals surface area (Å²) in [6.45, 7) is 5.29. The van der Waals surface area contributed by atoms with Crippen LogP contribution in [0.25, 0.3) is 0 Å². The van der Waals surface area contributed by atoms with Gasteiger partial charge in [-0.3, -0.25) is 9.59 Å². The van der Waals surface area contributed by atoms with Gasteiger partial charge >= 0.3 is 5.97 Å². The second kappa shape index (κ2) is 7.48. The molecule has 1 aliphatic rings. The minimum atomic E-state index is -0.228. The summed E-state index contributed by atoms with van der Waals surface area (Å²) in [5.41, 5.74) is 6.01. The number of nitrogens with two attached hydrogens (primary N) is 1. The van der Waals surface area contributed by atoms with Crippen LogP contribution in [0, 0.1) is 11.8 Å². The Bertz CT molecular complexity index is 316. The molecular weight excluding hydrogens is 244 g/mol. The molecule has 1 rings (SSSR count). The molecule has 0 aromatic carbocycles. The van der Waals surface area contributed by atoms with Crippen LogP contribution in [0.1, 0.15) is 39.5 Å². The van der Waals surface area contributed by atoms with Gasteiger partial charge in [-0.25, -0.2) is 0 Å². The first-order valence-corrected chi connectivity index (χ1v) is 7.12. The van der Waals surface area contributed by atoms with Gasteiger partial charge in [0.25, 0.3) is 0 Å². The summed E-state index contributed by atoms with van der Waals surface area (Å²) >= 11 is 0. The zero-order chi connectivity index (χ0) is 14.4. The van der Waals surface area contributed by atoms with Gasteiger partial charge in [-0.2, -0.15) is 0 Å². The molecule has 110 valence electrons. The highest BCUT2D eigenvalue weighted by Crippen LogP contribution is 2.22. The molecule has 0 aromatic rings. The molecule has 1 saturated heterocycles. The average Bonchev–Trinajstić information content (AvgIpc) is 2.39. The number of piperidine rings is 1. The third-order valence-corrected chi connectivity index (χ3v) is 3.90. The molecule has 0 saturated carbocycles. The second-order valence-corrected chi connectivity index (χ2v) is 5.40. The van der Waals surface area contributed by atoms with Crippen LogP contribution in [0.4, 0.5) is 0 Å². The molecule has 2 N–H and O–H groups in total. The van der Waals surface area contributed by atoms with Crippen LogP contribution in [0.3, 0.4) is 0 Å². The number of esters is 1. The third kappa shape index (κ3) is 4.49. The van der Waals surface area contributed by atoms with E-state index in [0.29, 0.717) is 19.5 Å². The van der Waals surface area contributed by atoms with Crippen molar-refractivity contribution in [2.24, 2.45) is 17.6 Å². The number of likely N-dealkylation sites (tertiary alicyclic amines) is 1. The Morgan fingerprint density at radius 1 is 1.32 bits per heavy atom. The monoisotopic (exact) mass is 270 g/mol. The fourth-order valence-corrected chi connectivity index (χ4v) is 2.79. The van der Waals surface area contributed by atoms with Gasteiger partial charge in [0, 0.05) is 25.0 Å². The topological polar surface area (TPSA) is 72.6 Å². The van der Waals surface area contributed by atoms with Crippen LogP contribution in [0.5, 0.6) is 0 Å². The van der Waals surface area contributed by atoms with E-state index in [-0.39, 0.29) is 29.8 Å². The number of hydrogen-bond acceptors (Lipinski definition) is 4. The van der Waals surface area contributed by atoms with Crippen molar-refractivity contribution in [1.29, 1.82) is 0 Å². The zero-order valence-corrected chi connectivity index (χ0v) is 12.2. The first-order chi connectivity index (χ1) is 9.01. The highest BCUT2D eigenvalue weighted by molar-refractivity contribution is 5.79. The molecule has 2 atom stereocenters. The Hall–Kier alpha value is -1.10. The van der Waals surface area contributed by atoms with Crippen molar-refractivity contribution < 1.29 is 14.3 Å². The smallest absolute Gasteiger partial charge is 0.305 e. The summed E-state index contributed by atoms with van der Waals surface area (Å²) in [5.74, 6) is 0.141. The van der Waals surface area contributed by atoms with E-state index in [0.717, 1.165) is 19.3 Å². The van der Waals surface area contributed by atoms with E-state index >= 15 is 0 Å². The molecule has 0 aromatic heterocycles. The molecular formula is C14H26N2O3. The minimum Gasteiger partial charge on any atom is -0.469 e. The molecule has 0 aliphatic carbocycles. The molecule has 1 aliphatic heterocycles. The van der Waals surface area contributed by atoms with E-state index in [9.17, 15) is 9.59 Å². The molecule has 2 unspecified atom stereocenters. The lowest BCUT2D eigenvalue weighted by atomic mass is 9.90. The van der Waals surface area contributed by atoms with E-state index in [2.05, 4.69) is 0 Å². The van der Waals surface area contributed by atoms with Crippen LogP contribution in [0.15, 0.2) is 0 Å². The van der Waals surface area contributed by atoms with Crippen molar-refractivity contribution in [3.63, 3.8) is 0 Å². The van der Waals surface area contributed by atoms with E-state index in [1.54, 1.807) is 0 Å². The lowest BCUT2D eigenvalue weighted by molar-refractivity contribution is -0.144. The summed E-state index contributed by atoms with van der Waals surface area (Å²) in [4.78, 5) is 25.5. The minimum absolute atomic E-state index is 0.0401. The predicted octanol–water partition coefficient (Wildman–Crippen LogP) is 1.16. The maximum atomic E-state index is 12.4. The molecule has 1 fully saturated rings. The summed E-state index contributed by atoms with van der Waals surface area (Å²) in [7, 11) is 1.39. The van der Waals surface area contributed by atoms with Gasteiger partial charge in [0.15, 0.2) is 0 Å². The van der Waals surface area contributed by atoms with Crippen molar-refractivity contribution in [3.8, 4) is 0 Å². The summed E-state index contributed by atoms with van der Waals surface area (Å²) in [6.07, 6.45) is 2.82. The molecule has 1 heterocycles. The molecule has 5 nitrogen and oxygen atoms in total. The molecule has 0 spiro atoms. The van der Waals surface area contributed by atoms with Gasteiger partial charge in [-0.15, -0.1) is 0 Å². The highest BCUT2D eigenvalue weighted by atomic mass is 16.5. The quantitative estimate of drug-likeness (QED) is 0.761. The predicted molar refractivity (Wildman–Crippen MR) is 73.4 cm³/mol. The molecule has 1 amide bonds. The van der Waals surface area contributed by atoms with Crippen molar-refractivity contribution in [2.45, 2.75) is 45.6 Å². The normalized spacial score (nSPS) is 23.5. The Morgan fingerprint density at radius 3 is 2.47 bits per heavy atom. The number of amides is 1. The van der Waals surface area contributed by atoms with Crippen molar-refractivity contribution in [2.75, 3.05) is 20.2 Å². The first-order valence-electron chi connectivity index (χ1n) is 7.12. The van der Waals surface area contributed by atoms with Crippen LogP contribution < -0.4 is 5.73 Å².